The number of aromatic nitrogens is 2. The first-order valence-corrected chi connectivity index (χ1v) is 6.08. The van der Waals surface area contributed by atoms with Crippen LogP contribution in [0.3, 0.4) is 0 Å². The van der Waals surface area contributed by atoms with Gasteiger partial charge in [-0.15, -0.1) is 0 Å². The van der Waals surface area contributed by atoms with Crippen LogP contribution in [0.25, 0.3) is 16.9 Å². The number of benzene rings is 1. The average molecular weight is 272 g/mol. The lowest BCUT2D eigenvalue weighted by atomic mass is 10.2. The van der Waals surface area contributed by atoms with Gasteiger partial charge < -0.3 is 5.21 Å². The molecule has 19 heavy (non-hydrogen) atoms. The second-order valence-electron chi connectivity index (χ2n) is 4.03. The number of imidazole rings is 1. The molecular formula is C14H10ClN3O. The van der Waals surface area contributed by atoms with Crippen LogP contribution in [0.1, 0.15) is 5.69 Å². The van der Waals surface area contributed by atoms with Crippen LogP contribution in [0.15, 0.2) is 53.8 Å². The third kappa shape index (κ3) is 2.06. The minimum atomic E-state index is 0.619. The van der Waals surface area contributed by atoms with E-state index >= 15 is 0 Å². The summed E-state index contributed by atoms with van der Waals surface area (Å²) in [6.07, 6.45) is 3.25. The van der Waals surface area contributed by atoms with E-state index in [1.807, 2.05) is 53.1 Å². The molecule has 0 amide bonds. The zero-order valence-electron chi connectivity index (χ0n) is 9.86. The van der Waals surface area contributed by atoms with Crippen molar-refractivity contribution in [1.82, 2.24) is 9.38 Å². The molecule has 0 bridgehead atoms. The van der Waals surface area contributed by atoms with Crippen molar-refractivity contribution in [2.75, 3.05) is 0 Å². The number of halogens is 1. The summed E-state index contributed by atoms with van der Waals surface area (Å²) in [5, 5.41) is 12.4. The molecule has 0 aliphatic carbocycles. The Kier molecular flexibility index (Phi) is 2.93. The highest BCUT2D eigenvalue weighted by molar-refractivity contribution is 6.30. The fourth-order valence-electron chi connectivity index (χ4n) is 2.01. The van der Waals surface area contributed by atoms with Crippen molar-refractivity contribution < 1.29 is 5.21 Å². The van der Waals surface area contributed by atoms with Gasteiger partial charge in [0.25, 0.3) is 0 Å². The van der Waals surface area contributed by atoms with E-state index in [1.54, 1.807) is 0 Å². The molecule has 5 heteroatoms. The van der Waals surface area contributed by atoms with E-state index in [9.17, 15) is 0 Å². The zero-order chi connectivity index (χ0) is 13.2. The highest BCUT2D eigenvalue weighted by Gasteiger charge is 2.10. The van der Waals surface area contributed by atoms with Gasteiger partial charge in [0.15, 0.2) is 0 Å². The van der Waals surface area contributed by atoms with Gasteiger partial charge in [-0.2, -0.15) is 0 Å². The normalized spacial score (nSPS) is 11.4. The Hall–Kier alpha value is -2.33. The van der Waals surface area contributed by atoms with E-state index in [-0.39, 0.29) is 0 Å². The van der Waals surface area contributed by atoms with Gasteiger partial charge in [0.1, 0.15) is 11.5 Å². The molecule has 0 spiro atoms. The Labute approximate surface area is 114 Å². The summed E-state index contributed by atoms with van der Waals surface area (Å²) >= 11 is 5.89. The molecule has 0 atom stereocenters. The van der Waals surface area contributed by atoms with Crippen LogP contribution in [0, 0.1) is 0 Å². The predicted octanol–water partition coefficient (Wildman–Crippen LogP) is 3.46. The second kappa shape index (κ2) is 4.74. The summed E-state index contributed by atoms with van der Waals surface area (Å²) in [6, 6.07) is 13.2. The Morgan fingerprint density at radius 1 is 1.16 bits per heavy atom. The third-order valence-corrected chi connectivity index (χ3v) is 3.11. The van der Waals surface area contributed by atoms with Gasteiger partial charge in [-0.1, -0.05) is 22.8 Å². The molecule has 2 heterocycles. The zero-order valence-corrected chi connectivity index (χ0v) is 10.6. The molecule has 3 aromatic rings. The molecule has 0 radical (unpaired) electrons. The van der Waals surface area contributed by atoms with Crippen LogP contribution in [-0.2, 0) is 0 Å². The standard InChI is InChI=1S/C14H10ClN3O/c15-11-6-4-10(5-7-11)14-17-12(9-16-19)13-3-1-2-8-18(13)14/h1-9,19H/b16-9+. The molecule has 0 saturated carbocycles. The molecule has 0 aliphatic rings. The summed E-state index contributed by atoms with van der Waals surface area (Å²) in [5.41, 5.74) is 2.45. The Bertz CT molecular complexity index is 747. The lowest BCUT2D eigenvalue weighted by Gasteiger charge is -2.00. The Morgan fingerprint density at radius 2 is 1.95 bits per heavy atom. The van der Waals surface area contributed by atoms with E-state index < -0.39 is 0 Å². The molecule has 0 unspecified atom stereocenters. The summed E-state index contributed by atoms with van der Waals surface area (Å²) < 4.78 is 1.94. The number of fused-ring (bicyclic) bond motifs is 1. The van der Waals surface area contributed by atoms with E-state index in [1.165, 1.54) is 6.21 Å². The summed E-state index contributed by atoms with van der Waals surface area (Å²) in [7, 11) is 0. The van der Waals surface area contributed by atoms with Gasteiger partial charge in [-0.3, -0.25) is 4.40 Å². The number of oxime groups is 1. The number of hydrogen-bond donors (Lipinski definition) is 1. The van der Waals surface area contributed by atoms with E-state index in [0.29, 0.717) is 10.7 Å². The molecule has 4 nitrogen and oxygen atoms in total. The topological polar surface area (TPSA) is 49.9 Å². The van der Waals surface area contributed by atoms with Crippen molar-refractivity contribution in [2.24, 2.45) is 5.16 Å². The van der Waals surface area contributed by atoms with Crippen LogP contribution in [0.2, 0.25) is 5.02 Å². The molecule has 0 saturated heterocycles. The van der Waals surface area contributed by atoms with Gasteiger partial charge in [-0.05, 0) is 36.4 Å². The molecule has 2 aromatic heterocycles. The fourth-order valence-corrected chi connectivity index (χ4v) is 2.14. The first-order chi connectivity index (χ1) is 9.29. The highest BCUT2D eigenvalue weighted by atomic mass is 35.5. The Balaban J connectivity index is 2.26. The van der Waals surface area contributed by atoms with Crippen molar-refractivity contribution in [2.45, 2.75) is 0 Å². The first-order valence-electron chi connectivity index (χ1n) is 5.70. The smallest absolute Gasteiger partial charge is 0.145 e. The average Bonchev–Trinajstić information content (AvgIpc) is 2.80. The van der Waals surface area contributed by atoms with Crippen LogP contribution in [-0.4, -0.2) is 20.8 Å². The van der Waals surface area contributed by atoms with Gasteiger partial charge in [0.2, 0.25) is 0 Å². The molecular weight excluding hydrogens is 262 g/mol. The molecule has 0 fully saturated rings. The van der Waals surface area contributed by atoms with Gasteiger partial charge >= 0.3 is 0 Å². The quantitative estimate of drug-likeness (QED) is 0.441. The van der Waals surface area contributed by atoms with Crippen molar-refractivity contribution >= 4 is 23.3 Å². The monoisotopic (exact) mass is 271 g/mol. The van der Waals surface area contributed by atoms with Crippen molar-refractivity contribution in [3.05, 3.63) is 59.4 Å². The highest BCUT2D eigenvalue weighted by Crippen LogP contribution is 2.23. The lowest BCUT2D eigenvalue weighted by Crippen LogP contribution is -1.87. The van der Waals surface area contributed by atoms with E-state index in [4.69, 9.17) is 16.8 Å². The van der Waals surface area contributed by atoms with Gasteiger partial charge in [-0.25, -0.2) is 4.98 Å². The van der Waals surface area contributed by atoms with Crippen LogP contribution < -0.4 is 0 Å². The maximum absolute atomic E-state index is 8.70. The van der Waals surface area contributed by atoms with Crippen LogP contribution >= 0.6 is 11.6 Å². The predicted molar refractivity (Wildman–Crippen MR) is 75.0 cm³/mol. The third-order valence-electron chi connectivity index (χ3n) is 2.86. The second-order valence-corrected chi connectivity index (χ2v) is 4.46. The molecule has 3 rings (SSSR count). The van der Waals surface area contributed by atoms with Crippen LogP contribution in [0.5, 0.6) is 0 Å². The first kappa shape index (κ1) is 11.7. The number of rotatable bonds is 2. The summed E-state index contributed by atoms with van der Waals surface area (Å²) in [4.78, 5) is 4.49. The molecule has 1 aromatic carbocycles. The fraction of sp³-hybridized carbons (Fsp3) is 0. The minimum absolute atomic E-state index is 0.619. The van der Waals surface area contributed by atoms with E-state index in [2.05, 4.69) is 10.1 Å². The van der Waals surface area contributed by atoms with Crippen LogP contribution in [0.4, 0.5) is 0 Å². The summed E-state index contributed by atoms with van der Waals surface area (Å²) in [5.74, 6) is 0.780. The van der Waals surface area contributed by atoms with Crippen molar-refractivity contribution in [3.8, 4) is 11.4 Å². The Morgan fingerprint density at radius 3 is 2.68 bits per heavy atom. The largest absolute Gasteiger partial charge is 0.411 e. The van der Waals surface area contributed by atoms with Gasteiger partial charge in [0, 0.05) is 16.8 Å². The summed E-state index contributed by atoms with van der Waals surface area (Å²) in [6.45, 7) is 0. The number of pyridine rings is 1. The lowest BCUT2D eigenvalue weighted by molar-refractivity contribution is 0.322. The van der Waals surface area contributed by atoms with E-state index in [0.717, 1.165) is 16.9 Å². The maximum Gasteiger partial charge on any atom is 0.145 e. The molecule has 94 valence electrons. The number of hydrogen-bond acceptors (Lipinski definition) is 3. The molecule has 1 N–H and O–H groups in total. The number of nitrogens with zero attached hydrogens (tertiary/aromatic N) is 3. The van der Waals surface area contributed by atoms with Crippen molar-refractivity contribution in [1.29, 1.82) is 0 Å². The van der Waals surface area contributed by atoms with Gasteiger partial charge in [0.05, 0.1) is 11.7 Å². The minimum Gasteiger partial charge on any atom is -0.411 e. The molecule has 0 aliphatic heterocycles. The maximum atomic E-state index is 8.70. The SMILES string of the molecule is O/N=C/c1nc(-c2ccc(Cl)cc2)n2ccccc12. The van der Waals surface area contributed by atoms with Crippen molar-refractivity contribution in [3.63, 3.8) is 0 Å².